The third-order valence-corrected chi connectivity index (χ3v) is 2.33. The number of nitrogens with one attached hydrogen (secondary N) is 1. The average molecular weight is 187 g/mol. The van der Waals surface area contributed by atoms with E-state index in [1.807, 2.05) is 0 Å². The van der Waals surface area contributed by atoms with Crippen molar-refractivity contribution >= 4 is 0 Å². The molecule has 3 heteroatoms. The Bertz CT molecular complexity index is 418. The lowest BCUT2D eigenvalue weighted by Crippen LogP contribution is -1.89. The number of rotatable bonds is 2. The fourth-order valence-electron chi connectivity index (χ4n) is 1.60. The van der Waals surface area contributed by atoms with Crippen molar-refractivity contribution in [1.82, 2.24) is 15.4 Å². The van der Waals surface area contributed by atoms with E-state index >= 15 is 0 Å². The summed E-state index contributed by atoms with van der Waals surface area (Å²) in [5.74, 6) is 0. The van der Waals surface area contributed by atoms with Gasteiger partial charge in [0.25, 0.3) is 0 Å². The summed E-state index contributed by atoms with van der Waals surface area (Å²) in [6, 6.07) is 6.40. The van der Waals surface area contributed by atoms with Gasteiger partial charge in [0, 0.05) is 5.56 Å². The Labute approximate surface area is 83.2 Å². The van der Waals surface area contributed by atoms with Gasteiger partial charge in [0.2, 0.25) is 0 Å². The number of hydrogen-bond acceptors (Lipinski definition) is 2. The quantitative estimate of drug-likeness (QED) is 0.784. The molecule has 1 aromatic carbocycles. The lowest BCUT2D eigenvalue weighted by molar-refractivity contribution is 0.941. The van der Waals surface area contributed by atoms with E-state index in [-0.39, 0.29) is 0 Å². The molecule has 2 rings (SSSR count). The highest BCUT2D eigenvalue weighted by Crippen LogP contribution is 2.22. The maximum absolute atomic E-state index is 4.09. The van der Waals surface area contributed by atoms with Gasteiger partial charge in [-0.1, -0.05) is 30.7 Å². The van der Waals surface area contributed by atoms with Crippen molar-refractivity contribution in [3.05, 3.63) is 35.5 Å². The van der Waals surface area contributed by atoms with Gasteiger partial charge >= 0.3 is 0 Å². The first-order chi connectivity index (χ1) is 6.81. The first-order valence-electron chi connectivity index (χ1n) is 4.77. The second-order valence-corrected chi connectivity index (χ2v) is 3.37. The minimum atomic E-state index is 0.918. The fourth-order valence-corrected chi connectivity index (χ4v) is 1.60. The maximum Gasteiger partial charge on any atom is 0.113 e. The third-order valence-electron chi connectivity index (χ3n) is 2.33. The summed E-state index contributed by atoms with van der Waals surface area (Å²) >= 11 is 0. The van der Waals surface area contributed by atoms with Crippen molar-refractivity contribution in [2.75, 3.05) is 0 Å². The molecule has 0 amide bonds. The molecule has 2 aromatic rings. The highest BCUT2D eigenvalue weighted by Gasteiger charge is 2.05. The molecule has 0 radical (unpaired) electrons. The molecule has 0 bridgehead atoms. The van der Waals surface area contributed by atoms with Gasteiger partial charge in [-0.15, -0.1) is 0 Å². The minimum absolute atomic E-state index is 0.918. The SMILES string of the molecule is CCc1cc(C)ccc1-c1cn[nH]n1. The summed E-state index contributed by atoms with van der Waals surface area (Å²) in [6.07, 6.45) is 2.77. The summed E-state index contributed by atoms with van der Waals surface area (Å²) in [6.45, 7) is 4.25. The lowest BCUT2D eigenvalue weighted by Gasteiger charge is -2.05. The Morgan fingerprint density at radius 3 is 2.86 bits per heavy atom. The molecule has 0 aliphatic rings. The van der Waals surface area contributed by atoms with Gasteiger partial charge in [-0.3, -0.25) is 0 Å². The fraction of sp³-hybridized carbons (Fsp3) is 0.273. The Balaban J connectivity index is 2.53. The lowest BCUT2D eigenvalue weighted by atomic mass is 10.0. The predicted octanol–water partition coefficient (Wildman–Crippen LogP) is 2.34. The highest BCUT2D eigenvalue weighted by molar-refractivity contribution is 5.63. The van der Waals surface area contributed by atoms with Gasteiger partial charge in [-0.2, -0.15) is 15.4 Å². The van der Waals surface area contributed by atoms with Crippen LogP contribution in [0.25, 0.3) is 11.3 Å². The first kappa shape index (κ1) is 8.94. The predicted molar refractivity (Wildman–Crippen MR) is 55.9 cm³/mol. The molecule has 14 heavy (non-hydrogen) atoms. The third kappa shape index (κ3) is 1.53. The number of aromatic amines is 1. The van der Waals surface area contributed by atoms with Crippen LogP contribution in [0.15, 0.2) is 24.4 Å². The molecule has 0 fully saturated rings. The van der Waals surface area contributed by atoms with Gasteiger partial charge < -0.3 is 0 Å². The van der Waals surface area contributed by atoms with Gasteiger partial charge in [-0.05, 0) is 18.9 Å². The normalized spacial score (nSPS) is 10.4. The van der Waals surface area contributed by atoms with Crippen molar-refractivity contribution in [2.45, 2.75) is 20.3 Å². The van der Waals surface area contributed by atoms with E-state index in [0.29, 0.717) is 0 Å². The highest BCUT2D eigenvalue weighted by atomic mass is 15.3. The van der Waals surface area contributed by atoms with Crippen LogP contribution >= 0.6 is 0 Å². The number of H-pyrrole nitrogens is 1. The maximum atomic E-state index is 4.09. The molecule has 1 heterocycles. The van der Waals surface area contributed by atoms with Crippen LogP contribution in [0.2, 0.25) is 0 Å². The van der Waals surface area contributed by atoms with E-state index in [4.69, 9.17) is 0 Å². The van der Waals surface area contributed by atoms with Gasteiger partial charge in [0.15, 0.2) is 0 Å². The smallest absolute Gasteiger partial charge is 0.113 e. The van der Waals surface area contributed by atoms with Crippen molar-refractivity contribution in [2.24, 2.45) is 0 Å². The minimum Gasteiger partial charge on any atom is -0.197 e. The van der Waals surface area contributed by atoms with E-state index in [9.17, 15) is 0 Å². The standard InChI is InChI=1S/C11H13N3/c1-3-9-6-8(2)4-5-10(9)11-7-12-14-13-11/h4-7H,3H2,1-2H3,(H,12,13,14). The number of aryl methyl sites for hydroxylation is 2. The van der Waals surface area contributed by atoms with Crippen molar-refractivity contribution in [3.63, 3.8) is 0 Å². The molecule has 0 saturated heterocycles. The summed E-state index contributed by atoms with van der Waals surface area (Å²) < 4.78 is 0. The summed E-state index contributed by atoms with van der Waals surface area (Å²) in [4.78, 5) is 0. The molecule has 1 aromatic heterocycles. The van der Waals surface area contributed by atoms with Crippen LogP contribution in [0.5, 0.6) is 0 Å². The summed E-state index contributed by atoms with van der Waals surface area (Å²) in [5, 5.41) is 10.5. The largest absolute Gasteiger partial charge is 0.197 e. The van der Waals surface area contributed by atoms with Crippen molar-refractivity contribution in [3.8, 4) is 11.3 Å². The zero-order valence-electron chi connectivity index (χ0n) is 8.41. The van der Waals surface area contributed by atoms with Crippen molar-refractivity contribution < 1.29 is 0 Å². The van der Waals surface area contributed by atoms with Crippen molar-refractivity contribution in [1.29, 1.82) is 0 Å². The molecular formula is C11H13N3. The van der Waals surface area contributed by atoms with Gasteiger partial charge in [0.05, 0.1) is 6.20 Å². The van der Waals surface area contributed by atoms with E-state index in [1.165, 1.54) is 16.7 Å². The van der Waals surface area contributed by atoms with Gasteiger partial charge in [-0.25, -0.2) is 0 Å². The van der Waals surface area contributed by atoms with Gasteiger partial charge in [0.1, 0.15) is 5.69 Å². The van der Waals surface area contributed by atoms with Crippen LogP contribution in [-0.2, 0) is 6.42 Å². The number of benzene rings is 1. The number of aromatic nitrogens is 3. The van der Waals surface area contributed by atoms with E-state index in [2.05, 4.69) is 47.5 Å². The number of hydrogen-bond donors (Lipinski definition) is 1. The Kier molecular flexibility index (Phi) is 2.31. The van der Waals surface area contributed by atoms with E-state index in [0.717, 1.165) is 12.1 Å². The van der Waals surface area contributed by atoms with Crippen LogP contribution < -0.4 is 0 Å². The molecule has 1 N–H and O–H groups in total. The molecular weight excluding hydrogens is 174 g/mol. The number of nitrogens with zero attached hydrogens (tertiary/aromatic N) is 2. The molecule has 0 aliphatic carbocycles. The zero-order valence-corrected chi connectivity index (χ0v) is 8.41. The second-order valence-electron chi connectivity index (χ2n) is 3.37. The molecule has 0 spiro atoms. The summed E-state index contributed by atoms with van der Waals surface area (Å²) in [7, 11) is 0. The Morgan fingerprint density at radius 1 is 1.36 bits per heavy atom. The second kappa shape index (κ2) is 3.62. The zero-order chi connectivity index (χ0) is 9.97. The topological polar surface area (TPSA) is 41.6 Å². The Morgan fingerprint density at radius 2 is 2.21 bits per heavy atom. The average Bonchev–Trinajstić information content (AvgIpc) is 2.70. The molecule has 0 atom stereocenters. The monoisotopic (exact) mass is 187 g/mol. The van der Waals surface area contributed by atoms with Crippen LogP contribution in [0, 0.1) is 6.92 Å². The van der Waals surface area contributed by atoms with E-state index in [1.54, 1.807) is 6.20 Å². The van der Waals surface area contributed by atoms with Crippen LogP contribution in [0.4, 0.5) is 0 Å². The van der Waals surface area contributed by atoms with Crippen LogP contribution in [0.3, 0.4) is 0 Å². The summed E-state index contributed by atoms with van der Waals surface area (Å²) in [5.41, 5.74) is 4.70. The van der Waals surface area contributed by atoms with Crippen LogP contribution in [0.1, 0.15) is 18.1 Å². The molecule has 0 aliphatic heterocycles. The van der Waals surface area contributed by atoms with Crippen LogP contribution in [-0.4, -0.2) is 15.4 Å². The molecule has 0 unspecified atom stereocenters. The Hall–Kier alpha value is -1.64. The first-order valence-corrected chi connectivity index (χ1v) is 4.77. The molecule has 3 nitrogen and oxygen atoms in total. The molecule has 0 saturated carbocycles. The van der Waals surface area contributed by atoms with E-state index < -0.39 is 0 Å². The molecule has 72 valence electrons.